The van der Waals surface area contributed by atoms with Gasteiger partial charge in [-0.05, 0) is 66.1 Å². The number of H-pyrrole nitrogens is 1. The van der Waals surface area contributed by atoms with Crippen LogP contribution in [0.25, 0.3) is 11.1 Å². The number of aromatic carboxylic acids is 1. The molecule has 0 radical (unpaired) electrons. The van der Waals surface area contributed by atoms with Gasteiger partial charge in [0, 0.05) is 28.0 Å². The van der Waals surface area contributed by atoms with Gasteiger partial charge in [-0.25, -0.2) is 4.79 Å². The molecule has 0 fully saturated rings. The number of nitrogens with zero attached hydrogens (tertiary/aromatic N) is 1. The Balaban J connectivity index is 1.82. The second-order valence-corrected chi connectivity index (χ2v) is 8.46. The van der Waals surface area contributed by atoms with Crippen LogP contribution < -0.4 is 10.9 Å². The highest BCUT2D eigenvalue weighted by atomic mass is 35.5. The van der Waals surface area contributed by atoms with Crippen LogP contribution >= 0.6 is 11.6 Å². The molecule has 1 atom stereocenters. The van der Waals surface area contributed by atoms with Gasteiger partial charge in [-0.2, -0.15) is 5.26 Å². The summed E-state index contributed by atoms with van der Waals surface area (Å²) in [5, 5.41) is 21.6. The Kier molecular flexibility index (Phi) is 7.28. The van der Waals surface area contributed by atoms with Crippen LogP contribution in [0.3, 0.4) is 0 Å². The molecule has 3 aromatic carbocycles. The van der Waals surface area contributed by atoms with Crippen molar-refractivity contribution in [1.29, 1.82) is 5.26 Å². The second-order valence-electron chi connectivity index (χ2n) is 8.05. The van der Waals surface area contributed by atoms with Gasteiger partial charge in [0.25, 0.3) is 5.56 Å². The lowest BCUT2D eigenvalue weighted by Crippen LogP contribution is -2.29. The standard InChI is InChI=1S/C28H20ClN3O4/c29-24-11-6-18(16-30)15-22(24)21-12-13-31-27(34)25(21)23(14-17-4-2-1-3-5-17)26(33)32-20-9-7-19(8-10-20)28(35)36/h1-13,15,23H,14H2,(H,31,34)(H,32,33)(H,35,36). The third-order valence-electron chi connectivity index (χ3n) is 5.73. The molecule has 1 unspecified atom stereocenters. The number of carboxylic acid groups (broad SMARTS) is 1. The van der Waals surface area contributed by atoms with Gasteiger partial charge in [-0.3, -0.25) is 9.59 Å². The van der Waals surface area contributed by atoms with Crippen molar-refractivity contribution in [2.45, 2.75) is 12.3 Å². The van der Waals surface area contributed by atoms with Crippen molar-refractivity contribution in [3.63, 3.8) is 0 Å². The molecule has 36 heavy (non-hydrogen) atoms. The zero-order valence-corrected chi connectivity index (χ0v) is 19.6. The first kappa shape index (κ1) is 24.5. The number of rotatable bonds is 7. The molecule has 4 aromatic rings. The summed E-state index contributed by atoms with van der Waals surface area (Å²) in [5.41, 5.74) is 2.34. The monoisotopic (exact) mass is 497 g/mol. The van der Waals surface area contributed by atoms with Crippen LogP contribution in [0.2, 0.25) is 5.02 Å². The van der Waals surface area contributed by atoms with Crippen LogP contribution in [0.4, 0.5) is 5.69 Å². The third kappa shape index (κ3) is 5.35. The number of carbonyl (C=O) groups excluding carboxylic acids is 1. The summed E-state index contributed by atoms with van der Waals surface area (Å²) in [7, 11) is 0. The number of aromatic amines is 1. The van der Waals surface area contributed by atoms with Crippen molar-refractivity contribution in [1.82, 2.24) is 4.98 Å². The van der Waals surface area contributed by atoms with E-state index in [9.17, 15) is 19.6 Å². The number of nitriles is 1. The molecule has 7 nitrogen and oxygen atoms in total. The molecule has 1 amide bonds. The molecular formula is C28H20ClN3O4. The Morgan fingerprint density at radius 2 is 1.72 bits per heavy atom. The van der Waals surface area contributed by atoms with Crippen molar-refractivity contribution in [2.24, 2.45) is 0 Å². The van der Waals surface area contributed by atoms with Crippen LogP contribution in [-0.2, 0) is 11.2 Å². The van der Waals surface area contributed by atoms with E-state index >= 15 is 0 Å². The van der Waals surface area contributed by atoms with Crippen molar-refractivity contribution < 1.29 is 14.7 Å². The largest absolute Gasteiger partial charge is 0.478 e. The minimum absolute atomic E-state index is 0.0858. The van der Waals surface area contributed by atoms with E-state index in [1.807, 2.05) is 30.3 Å². The Morgan fingerprint density at radius 3 is 2.39 bits per heavy atom. The highest BCUT2D eigenvalue weighted by Crippen LogP contribution is 2.34. The second kappa shape index (κ2) is 10.7. The van der Waals surface area contributed by atoms with E-state index in [4.69, 9.17) is 16.7 Å². The van der Waals surface area contributed by atoms with Crippen LogP contribution in [-0.4, -0.2) is 22.0 Å². The Labute approximate surface area is 211 Å². The first-order chi connectivity index (χ1) is 17.4. The average Bonchev–Trinajstić information content (AvgIpc) is 2.88. The predicted molar refractivity (Wildman–Crippen MR) is 137 cm³/mol. The fraction of sp³-hybridized carbons (Fsp3) is 0.0714. The maximum absolute atomic E-state index is 13.6. The maximum Gasteiger partial charge on any atom is 0.335 e. The minimum atomic E-state index is -1.08. The Morgan fingerprint density at radius 1 is 1.00 bits per heavy atom. The van der Waals surface area contributed by atoms with Gasteiger partial charge in [0.2, 0.25) is 5.91 Å². The number of carboxylic acids is 1. The smallest absolute Gasteiger partial charge is 0.335 e. The van der Waals surface area contributed by atoms with Crippen molar-refractivity contribution in [3.8, 4) is 17.2 Å². The summed E-state index contributed by atoms with van der Waals surface area (Å²) in [4.78, 5) is 40.6. The third-order valence-corrected chi connectivity index (χ3v) is 6.06. The summed E-state index contributed by atoms with van der Waals surface area (Å²) in [6, 6.07) is 23.5. The molecule has 0 aliphatic carbocycles. The zero-order valence-electron chi connectivity index (χ0n) is 18.9. The number of carbonyl (C=O) groups is 2. The van der Waals surface area contributed by atoms with Crippen LogP contribution in [0, 0.1) is 11.3 Å². The average molecular weight is 498 g/mol. The maximum atomic E-state index is 13.6. The van der Waals surface area contributed by atoms with Crippen molar-refractivity contribution in [3.05, 3.63) is 123 Å². The molecule has 0 bridgehead atoms. The first-order valence-electron chi connectivity index (χ1n) is 11.0. The fourth-order valence-electron chi connectivity index (χ4n) is 3.97. The molecule has 0 spiro atoms. The number of aromatic nitrogens is 1. The van der Waals surface area contributed by atoms with E-state index in [1.54, 1.807) is 24.3 Å². The Hall–Kier alpha value is -4.67. The summed E-state index contributed by atoms with van der Waals surface area (Å²) < 4.78 is 0. The number of pyridine rings is 1. The highest BCUT2D eigenvalue weighted by Gasteiger charge is 2.28. The summed E-state index contributed by atoms with van der Waals surface area (Å²) in [5.74, 6) is -2.45. The van der Waals surface area contributed by atoms with Gasteiger partial charge in [-0.15, -0.1) is 0 Å². The highest BCUT2D eigenvalue weighted by molar-refractivity contribution is 6.33. The van der Waals surface area contributed by atoms with Crippen LogP contribution in [0.1, 0.15) is 33.0 Å². The number of benzene rings is 3. The van der Waals surface area contributed by atoms with Gasteiger partial charge in [0.05, 0.1) is 23.1 Å². The van der Waals surface area contributed by atoms with E-state index in [-0.39, 0.29) is 17.5 Å². The van der Waals surface area contributed by atoms with Crippen molar-refractivity contribution in [2.75, 3.05) is 5.32 Å². The van der Waals surface area contributed by atoms with Gasteiger partial charge in [-0.1, -0.05) is 41.9 Å². The molecular weight excluding hydrogens is 478 g/mol. The molecule has 0 aliphatic heterocycles. The summed E-state index contributed by atoms with van der Waals surface area (Å²) >= 11 is 6.46. The molecule has 0 saturated heterocycles. The van der Waals surface area contributed by atoms with E-state index < -0.39 is 23.4 Å². The number of nitrogens with one attached hydrogen (secondary N) is 2. The molecule has 1 heterocycles. The first-order valence-corrected chi connectivity index (χ1v) is 11.3. The quantitative estimate of drug-likeness (QED) is 0.322. The zero-order chi connectivity index (χ0) is 25.7. The topological polar surface area (TPSA) is 123 Å². The van der Waals surface area contributed by atoms with E-state index in [0.717, 1.165) is 5.56 Å². The molecule has 0 aliphatic rings. The molecule has 4 rings (SSSR count). The van der Waals surface area contributed by atoms with Gasteiger partial charge >= 0.3 is 5.97 Å². The van der Waals surface area contributed by atoms with E-state index in [2.05, 4.69) is 16.4 Å². The van der Waals surface area contributed by atoms with E-state index in [0.29, 0.717) is 27.4 Å². The minimum Gasteiger partial charge on any atom is -0.478 e. The lowest BCUT2D eigenvalue weighted by molar-refractivity contribution is -0.117. The summed E-state index contributed by atoms with van der Waals surface area (Å²) in [6.07, 6.45) is 1.69. The number of hydrogen-bond donors (Lipinski definition) is 3. The molecule has 0 saturated carbocycles. The SMILES string of the molecule is N#Cc1ccc(Cl)c(-c2cc[nH]c(=O)c2C(Cc2ccccc2)C(=O)Nc2ccc(C(=O)O)cc2)c1. The predicted octanol–water partition coefficient (Wildman–Crippen LogP) is 5.23. The Bertz CT molecular complexity index is 1520. The normalized spacial score (nSPS) is 11.3. The number of anilines is 1. The molecule has 3 N–H and O–H groups in total. The van der Waals surface area contributed by atoms with Gasteiger partial charge < -0.3 is 15.4 Å². The van der Waals surface area contributed by atoms with E-state index in [1.165, 1.54) is 30.5 Å². The fourth-order valence-corrected chi connectivity index (χ4v) is 4.19. The van der Waals surface area contributed by atoms with Gasteiger partial charge in [0.1, 0.15) is 0 Å². The molecule has 8 heteroatoms. The van der Waals surface area contributed by atoms with Crippen LogP contribution in [0.5, 0.6) is 0 Å². The van der Waals surface area contributed by atoms with Crippen molar-refractivity contribution >= 4 is 29.2 Å². The summed E-state index contributed by atoms with van der Waals surface area (Å²) in [6.45, 7) is 0. The number of hydrogen-bond acceptors (Lipinski definition) is 4. The van der Waals surface area contributed by atoms with Crippen LogP contribution in [0.15, 0.2) is 89.9 Å². The lowest BCUT2D eigenvalue weighted by atomic mass is 9.86. The number of amides is 1. The lowest BCUT2D eigenvalue weighted by Gasteiger charge is -2.20. The molecule has 1 aromatic heterocycles. The number of halogens is 1. The van der Waals surface area contributed by atoms with Gasteiger partial charge in [0.15, 0.2) is 0 Å². The molecule has 178 valence electrons.